The molecule has 0 spiro atoms. The van der Waals surface area contributed by atoms with E-state index in [9.17, 15) is 18.9 Å². The van der Waals surface area contributed by atoms with Gasteiger partial charge in [0.1, 0.15) is 16.4 Å². The third-order valence-electron chi connectivity index (χ3n) is 1.67. The summed E-state index contributed by atoms with van der Waals surface area (Å²) >= 11 is 5.43. The molecule has 1 heterocycles. The number of aromatic nitrogens is 1. The van der Waals surface area contributed by atoms with E-state index in [2.05, 4.69) is 4.98 Å². The van der Waals surface area contributed by atoms with E-state index in [0.717, 1.165) is 6.07 Å². The number of rotatable bonds is 3. The van der Waals surface area contributed by atoms with E-state index in [1.54, 1.807) is 0 Å². The molecular formula is C7H6ClF2N3O2. The molecule has 0 fully saturated rings. The summed E-state index contributed by atoms with van der Waals surface area (Å²) in [4.78, 5) is 13.1. The fourth-order valence-corrected chi connectivity index (χ4v) is 1.32. The normalized spacial score (nSPS) is 10.7. The van der Waals surface area contributed by atoms with E-state index in [1.807, 2.05) is 0 Å². The third-order valence-corrected chi connectivity index (χ3v) is 1.87. The third kappa shape index (κ3) is 2.37. The molecule has 2 N–H and O–H groups in total. The van der Waals surface area contributed by atoms with Crippen LogP contribution in [0, 0.1) is 10.1 Å². The zero-order valence-corrected chi connectivity index (χ0v) is 8.04. The number of pyridine rings is 1. The molecule has 0 aliphatic heterocycles. The second kappa shape index (κ2) is 4.45. The number of halogens is 3. The first kappa shape index (κ1) is 11.7. The Hall–Kier alpha value is -1.34. The minimum Gasteiger partial charge on any atom is -0.325 e. The smallest absolute Gasteiger partial charge is 0.301 e. The van der Waals surface area contributed by atoms with Gasteiger partial charge in [-0.15, -0.1) is 0 Å². The van der Waals surface area contributed by atoms with Crippen molar-refractivity contribution in [1.29, 1.82) is 0 Å². The van der Waals surface area contributed by atoms with Crippen molar-refractivity contribution >= 4 is 17.3 Å². The first-order valence-corrected chi connectivity index (χ1v) is 4.17. The minimum absolute atomic E-state index is 0.239. The molecule has 1 aromatic rings. The monoisotopic (exact) mass is 237 g/mol. The van der Waals surface area contributed by atoms with Crippen LogP contribution in [0.1, 0.15) is 17.7 Å². The van der Waals surface area contributed by atoms with Gasteiger partial charge in [-0.25, -0.2) is 13.8 Å². The number of nitro groups is 1. The van der Waals surface area contributed by atoms with Crippen molar-refractivity contribution in [3.8, 4) is 0 Å². The lowest BCUT2D eigenvalue weighted by Crippen LogP contribution is -2.08. The average Bonchev–Trinajstić information content (AvgIpc) is 2.15. The highest BCUT2D eigenvalue weighted by Gasteiger charge is 2.27. The molecule has 82 valence electrons. The number of nitrogens with two attached hydrogens (primary N) is 1. The zero-order chi connectivity index (χ0) is 11.6. The lowest BCUT2D eigenvalue weighted by molar-refractivity contribution is -0.387. The Morgan fingerprint density at radius 2 is 2.27 bits per heavy atom. The largest absolute Gasteiger partial charge is 0.325 e. The summed E-state index contributed by atoms with van der Waals surface area (Å²) in [7, 11) is 0. The van der Waals surface area contributed by atoms with Crippen molar-refractivity contribution in [3.63, 3.8) is 0 Å². The number of hydrogen-bond donors (Lipinski definition) is 1. The molecule has 5 nitrogen and oxygen atoms in total. The van der Waals surface area contributed by atoms with Crippen molar-refractivity contribution in [1.82, 2.24) is 4.98 Å². The highest BCUT2D eigenvalue weighted by molar-refractivity contribution is 6.29. The van der Waals surface area contributed by atoms with Crippen LogP contribution in [0.4, 0.5) is 14.5 Å². The predicted molar refractivity (Wildman–Crippen MR) is 48.7 cm³/mol. The number of nitrogens with zero attached hydrogens (tertiary/aromatic N) is 2. The Kier molecular flexibility index (Phi) is 3.48. The van der Waals surface area contributed by atoms with Gasteiger partial charge >= 0.3 is 5.69 Å². The molecule has 0 atom stereocenters. The molecule has 0 saturated carbocycles. The first-order chi connectivity index (χ1) is 6.97. The Morgan fingerprint density at radius 1 is 1.67 bits per heavy atom. The molecule has 0 radical (unpaired) electrons. The molecule has 0 aliphatic rings. The second-order valence-corrected chi connectivity index (χ2v) is 2.98. The van der Waals surface area contributed by atoms with E-state index >= 15 is 0 Å². The van der Waals surface area contributed by atoms with E-state index in [-0.39, 0.29) is 17.4 Å². The molecule has 15 heavy (non-hydrogen) atoms. The molecular weight excluding hydrogens is 232 g/mol. The highest BCUT2D eigenvalue weighted by atomic mass is 35.5. The summed E-state index contributed by atoms with van der Waals surface area (Å²) in [5.41, 5.74) is 3.38. The second-order valence-electron chi connectivity index (χ2n) is 2.59. The van der Waals surface area contributed by atoms with Crippen LogP contribution in [0.2, 0.25) is 5.15 Å². The van der Waals surface area contributed by atoms with Crippen LogP contribution in [0.15, 0.2) is 6.07 Å². The zero-order valence-electron chi connectivity index (χ0n) is 7.28. The molecule has 0 saturated heterocycles. The maximum absolute atomic E-state index is 12.5. The lowest BCUT2D eigenvalue weighted by atomic mass is 10.2. The Morgan fingerprint density at radius 3 is 2.67 bits per heavy atom. The Bertz CT molecular complexity index is 400. The average molecular weight is 238 g/mol. The predicted octanol–water partition coefficient (Wildman–Crippen LogP) is 2.04. The SMILES string of the molecule is NCc1nc(Cl)cc(C(F)F)c1[N+](=O)[O-]. The Balaban J connectivity index is 3.47. The van der Waals surface area contributed by atoms with Crippen molar-refractivity contribution < 1.29 is 13.7 Å². The van der Waals surface area contributed by atoms with Gasteiger partial charge in [0.25, 0.3) is 6.43 Å². The van der Waals surface area contributed by atoms with Crippen molar-refractivity contribution in [2.24, 2.45) is 5.73 Å². The van der Waals surface area contributed by atoms with E-state index < -0.39 is 22.6 Å². The van der Waals surface area contributed by atoms with Crippen LogP contribution in [-0.2, 0) is 6.54 Å². The molecule has 0 aliphatic carbocycles. The quantitative estimate of drug-likeness (QED) is 0.495. The summed E-state index contributed by atoms with van der Waals surface area (Å²) in [5.74, 6) is 0. The summed E-state index contributed by atoms with van der Waals surface area (Å²) in [6, 6.07) is 0.767. The summed E-state index contributed by atoms with van der Waals surface area (Å²) in [6.45, 7) is -0.323. The van der Waals surface area contributed by atoms with Gasteiger partial charge in [0.15, 0.2) is 0 Å². The minimum atomic E-state index is -2.99. The van der Waals surface area contributed by atoms with E-state index in [4.69, 9.17) is 17.3 Å². The van der Waals surface area contributed by atoms with Crippen molar-refractivity contribution in [3.05, 3.63) is 32.6 Å². The van der Waals surface area contributed by atoms with Crippen molar-refractivity contribution in [2.45, 2.75) is 13.0 Å². The van der Waals surface area contributed by atoms with Crippen LogP contribution in [0.5, 0.6) is 0 Å². The van der Waals surface area contributed by atoms with Gasteiger partial charge in [-0.05, 0) is 6.07 Å². The highest BCUT2D eigenvalue weighted by Crippen LogP contribution is 2.32. The molecule has 8 heteroatoms. The molecule has 1 rings (SSSR count). The number of alkyl halides is 2. The van der Waals surface area contributed by atoms with Crippen LogP contribution >= 0.6 is 11.6 Å². The molecule has 0 amide bonds. The van der Waals surface area contributed by atoms with Crippen LogP contribution < -0.4 is 5.73 Å². The lowest BCUT2D eigenvalue weighted by Gasteiger charge is -2.05. The standard InChI is InChI=1S/C7H6ClF2N3O2/c8-5-1-3(7(9)10)6(13(14)15)4(2-11)12-5/h1,7H,2,11H2. The fourth-order valence-electron chi connectivity index (χ4n) is 1.10. The van der Waals surface area contributed by atoms with Gasteiger partial charge in [0, 0.05) is 6.54 Å². The molecule has 1 aromatic heterocycles. The first-order valence-electron chi connectivity index (χ1n) is 3.79. The van der Waals surface area contributed by atoms with E-state index in [1.165, 1.54) is 0 Å². The van der Waals surface area contributed by atoms with Gasteiger partial charge in [0.2, 0.25) is 0 Å². The topological polar surface area (TPSA) is 82.0 Å². The van der Waals surface area contributed by atoms with Crippen LogP contribution in [-0.4, -0.2) is 9.91 Å². The maximum Gasteiger partial charge on any atom is 0.301 e. The molecule has 0 aromatic carbocycles. The Labute approximate surface area is 88.0 Å². The van der Waals surface area contributed by atoms with Crippen molar-refractivity contribution in [2.75, 3.05) is 0 Å². The van der Waals surface area contributed by atoms with Crippen LogP contribution in [0.25, 0.3) is 0 Å². The van der Waals surface area contributed by atoms with Gasteiger partial charge in [0.05, 0.1) is 4.92 Å². The van der Waals surface area contributed by atoms with Gasteiger partial charge in [-0.1, -0.05) is 11.6 Å². The van der Waals surface area contributed by atoms with Gasteiger partial charge in [-0.2, -0.15) is 0 Å². The van der Waals surface area contributed by atoms with Gasteiger partial charge < -0.3 is 5.73 Å². The van der Waals surface area contributed by atoms with Crippen LogP contribution in [0.3, 0.4) is 0 Å². The fraction of sp³-hybridized carbons (Fsp3) is 0.286. The van der Waals surface area contributed by atoms with Gasteiger partial charge in [-0.3, -0.25) is 10.1 Å². The molecule has 0 bridgehead atoms. The molecule has 0 unspecified atom stereocenters. The summed E-state index contributed by atoms with van der Waals surface area (Å²) in [5, 5.41) is 10.3. The van der Waals surface area contributed by atoms with E-state index in [0.29, 0.717) is 0 Å². The maximum atomic E-state index is 12.5. The summed E-state index contributed by atoms with van der Waals surface area (Å²) in [6.07, 6.45) is -2.99. The number of hydrogen-bond acceptors (Lipinski definition) is 4. The summed E-state index contributed by atoms with van der Waals surface area (Å²) < 4.78 is 24.9.